The van der Waals surface area contributed by atoms with Gasteiger partial charge in [0.05, 0.1) is 24.1 Å². The number of amides is 2. The zero-order valence-electron chi connectivity index (χ0n) is 14.0. The Morgan fingerprint density at radius 2 is 2.00 bits per heavy atom. The first-order valence-corrected chi connectivity index (χ1v) is 8.51. The molecule has 1 aromatic rings. The van der Waals surface area contributed by atoms with Crippen LogP contribution in [-0.4, -0.2) is 54.6 Å². The SMILES string of the molecule is CNC(=O)CN1CCC2(CC1)C[C@@H](O)[C@H](c1ccccc1)NC2=O. The molecular formula is C18H25N3O3. The fraction of sp³-hybridized carbons (Fsp3) is 0.556. The van der Waals surface area contributed by atoms with Gasteiger partial charge in [0.1, 0.15) is 0 Å². The Kier molecular flexibility index (Phi) is 4.87. The van der Waals surface area contributed by atoms with Gasteiger partial charge in [0.2, 0.25) is 11.8 Å². The Morgan fingerprint density at radius 1 is 1.33 bits per heavy atom. The lowest BCUT2D eigenvalue weighted by Gasteiger charge is -2.46. The molecule has 0 bridgehead atoms. The van der Waals surface area contributed by atoms with Crippen molar-refractivity contribution in [3.63, 3.8) is 0 Å². The zero-order valence-corrected chi connectivity index (χ0v) is 14.0. The zero-order chi connectivity index (χ0) is 17.2. The van der Waals surface area contributed by atoms with Crippen molar-refractivity contribution in [3.05, 3.63) is 35.9 Å². The molecule has 3 N–H and O–H groups in total. The molecule has 0 saturated carbocycles. The molecular weight excluding hydrogens is 306 g/mol. The first-order chi connectivity index (χ1) is 11.5. The maximum Gasteiger partial charge on any atom is 0.233 e. The minimum atomic E-state index is -0.587. The average molecular weight is 331 g/mol. The van der Waals surface area contributed by atoms with E-state index in [0.29, 0.717) is 38.9 Å². The maximum atomic E-state index is 12.8. The summed E-state index contributed by atoms with van der Waals surface area (Å²) in [4.78, 5) is 26.3. The van der Waals surface area contributed by atoms with Crippen molar-refractivity contribution in [2.75, 3.05) is 26.7 Å². The van der Waals surface area contributed by atoms with Gasteiger partial charge in [-0.15, -0.1) is 0 Å². The second kappa shape index (κ2) is 6.91. The van der Waals surface area contributed by atoms with Crippen molar-refractivity contribution in [2.45, 2.75) is 31.4 Å². The molecule has 2 aliphatic heterocycles. The van der Waals surface area contributed by atoms with Gasteiger partial charge >= 0.3 is 0 Å². The first-order valence-electron chi connectivity index (χ1n) is 8.51. The van der Waals surface area contributed by atoms with E-state index in [0.717, 1.165) is 5.56 Å². The van der Waals surface area contributed by atoms with Gasteiger partial charge < -0.3 is 15.7 Å². The van der Waals surface area contributed by atoms with E-state index in [1.807, 2.05) is 30.3 Å². The fourth-order valence-corrected chi connectivity index (χ4v) is 3.82. The predicted molar refractivity (Wildman–Crippen MR) is 90.1 cm³/mol. The number of benzene rings is 1. The third-order valence-corrected chi connectivity index (χ3v) is 5.37. The monoisotopic (exact) mass is 331 g/mol. The van der Waals surface area contributed by atoms with Gasteiger partial charge in [-0.05, 0) is 37.9 Å². The average Bonchev–Trinajstić information content (AvgIpc) is 2.61. The van der Waals surface area contributed by atoms with Gasteiger partial charge in [-0.2, -0.15) is 0 Å². The number of hydrogen-bond donors (Lipinski definition) is 3. The summed E-state index contributed by atoms with van der Waals surface area (Å²) < 4.78 is 0. The number of likely N-dealkylation sites (tertiary alicyclic amines) is 1. The molecule has 6 nitrogen and oxygen atoms in total. The van der Waals surface area contributed by atoms with Crippen LogP contribution in [0.5, 0.6) is 0 Å². The van der Waals surface area contributed by atoms with E-state index < -0.39 is 11.5 Å². The molecule has 2 heterocycles. The highest BCUT2D eigenvalue weighted by molar-refractivity contribution is 5.84. The summed E-state index contributed by atoms with van der Waals surface area (Å²) in [5.74, 6) is 0.0180. The molecule has 2 fully saturated rings. The van der Waals surface area contributed by atoms with E-state index in [1.165, 1.54) is 0 Å². The lowest BCUT2D eigenvalue weighted by molar-refractivity contribution is -0.144. The summed E-state index contributed by atoms with van der Waals surface area (Å²) in [5.41, 5.74) is 0.425. The summed E-state index contributed by atoms with van der Waals surface area (Å²) in [5, 5.41) is 16.3. The van der Waals surface area contributed by atoms with E-state index in [1.54, 1.807) is 7.05 Å². The number of carbonyl (C=O) groups is 2. The van der Waals surface area contributed by atoms with E-state index in [4.69, 9.17) is 0 Å². The van der Waals surface area contributed by atoms with Crippen molar-refractivity contribution in [1.29, 1.82) is 0 Å². The molecule has 2 atom stereocenters. The smallest absolute Gasteiger partial charge is 0.233 e. The van der Waals surface area contributed by atoms with Crippen LogP contribution in [0.3, 0.4) is 0 Å². The van der Waals surface area contributed by atoms with Crippen LogP contribution < -0.4 is 10.6 Å². The fourth-order valence-electron chi connectivity index (χ4n) is 3.82. The molecule has 0 unspecified atom stereocenters. The van der Waals surface area contributed by atoms with Gasteiger partial charge in [-0.25, -0.2) is 0 Å². The minimum Gasteiger partial charge on any atom is -0.391 e. The van der Waals surface area contributed by atoms with Gasteiger partial charge in [0.15, 0.2) is 0 Å². The second-order valence-corrected chi connectivity index (χ2v) is 6.86. The summed E-state index contributed by atoms with van der Waals surface area (Å²) in [6, 6.07) is 9.26. The highest BCUT2D eigenvalue weighted by Crippen LogP contribution is 2.42. The number of nitrogens with one attached hydrogen (secondary N) is 2. The van der Waals surface area contributed by atoms with E-state index in [-0.39, 0.29) is 17.9 Å². The minimum absolute atomic E-state index is 0.0109. The Hall–Kier alpha value is -1.92. The Balaban J connectivity index is 1.65. The summed E-state index contributed by atoms with van der Waals surface area (Å²) >= 11 is 0. The molecule has 1 aromatic carbocycles. The summed E-state index contributed by atoms with van der Waals surface area (Å²) in [7, 11) is 1.63. The van der Waals surface area contributed by atoms with Gasteiger partial charge in [0, 0.05) is 7.05 Å². The lowest BCUT2D eigenvalue weighted by atomic mass is 9.69. The quantitative estimate of drug-likeness (QED) is 0.751. The van der Waals surface area contributed by atoms with Crippen molar-refractivity contribution < 1.29 is 14.7 Å². The van der Waals surface area contributed by atoms with Crippen molar-refractivity contribution in [1.82, 2.24) is 15.5 Å². The summed E-state index contributed by atoms with van der Waals surface area (Å²) in [6.45, 7) is 1.76. The normalized spacial score (nSPS) is 26.8. The van der Waals surface area contributed by atoms with Crippen LogP contribution in [-0.2, 0) is 9.59 Å². The first kappa shape index (κ1) is 16.9. The molecule has 1 spiro atoms. The van der Waals surface area contributed by atoms with Crippen LogP contribution in [0.15, 0.2) is 30.3 Å². The van der Waals surface area contributed by atoms with Gasteiger partial charge in [-0.1, -0.05) is 30.3 Å². The number of aliphatic hydroxyl groups is 1. The highest BCUT2D eigenvalue weighted by Gasteiger charge is 2.48. The molecule has 0 radical (unpaired) electrons. The number of piperidine rings is 2. The Labute approximate surface area is 142 Å². The third kappa shape index (κ3) is 3.30. The topological polar surface area (TPSA) is 81.7 Å². The van der Waals surface area contributed by atoms with Crippen LogP contribution in [0.25, 0.3) is 0 Å². The molecule has 24 heavy (non-hydrogen) atoms. The second-order valence-electron chi connectivity index (χ2n) is 6.86. The molecule has 2 aliphatic rings. The van der Waals surface area contributed by atoms with Crippen LogP contribution in [0.2, 0.25) is 0 Å². The number of carbonyl (C=O) groups excluding carboxylic acids is 2. The van der Waals surface area contributed by atoms with E-state index in [2.05, 4.69) is 15.5 Å². The summed E-state index contributed by atoms with van der Waals surface area (Å²) in [6.07, 6.45) is 1.24. The standard InChI is InChI=1S/C18H25N3O3/c1-19-15(23)12-21-9-7-18(8-10-21)11-14(22)16(20-17(18)24)13-5-3-2-4-6-13/h2-6,14,16,22H,7-12H2,1H3,(H,19,23)(H,20,24)/t14-,16+/m1/s1. The van der Waals surface area contributed by atoms with Crippen molar-refractivity contribution in [2.24, 2.45) is 5.41 Å². The van der Waals surface area contributed by atoms with Gasteiger partial charge in [-0.3, -0.25) is 14.5 Å². The van der Waals surface area contributed by atoms with Crippen LogP contribution in [0, 0.1) is 5.41 Å². The molecule has 2 amide bonds. The molecule has 0 aliphatic carbocycles. The van der Waals surface area contributed by atoms with Crippen LogP contribution in [0.4, 0.5) is 0 Å². The maximum absolute atomic E-state index is 12.8. The lowest BCUT2D eigenvalue weighted by Crippen LogP contribution is -2.57. The number of aliphatic hydroxyl groups excluding tert-OH is 1. The number of nitrogens with zero attached hydrogens (tertiary/aromatic N) is 1. The third-order valence-electron chi connectivity index (χ3n) is 5.37. The largest absolute Gasteiger partial charge is 0.391 e. The number of hydrogen-bond acceptors (Lipinski definition) is 4. The number of likely N-dealkylation sites (N-methyl/N-ethyl adjacent to an activating group) is 1. The van der Waals surface area contributed by atoms with Crippen LogP contribution >= 0.6 is 0 Å². The van der Waals surface area contributed by atoms with E-state index in [9.17, 15) is 14.7 Å². The molecule has 3 rings (SSSR count). The Morgan fingerprint density at radius 3 is 2.62 bits per heavy atom. The van der Waals surface area contributed by atoms with Gasteiger partial charge in [0.25, 0.3) is 0 Å². The molecule has 2 saturated heterocycles. The molecule has 6 heteroatoms. The number of rotatable bonds is 3. The van der Waals surface area contributed by atoms with Crippen molar-refractivity contribution >= 4 is 11.8 Å². The predicted octanol–water partition coefficient (Wildman–Crippen LogP) is 0.437. The molecule has 130 valence electrons. The van der Waals surface area contributed by atoms with E-state index >= 15 is 0 Å². The van der Waals surface area contributed by atoms with Crippen molar-refractivity contribution in [3.8, 4) is 0 Å². The Bertz CT molecular complexity index is 597. The van der Waals surface area contributed by atoms with Crippen LogP contribution in [0.1, 0.15) is 30.9 Å². The highest BCUT2D eigenvalue weighted by atomic mass is 16.3. The molecule has 0 aromatic heterocycles.